The predicted molar refractivity (Wildman–Crippen MR) is 80.3 cm³/mol. The second kappa shape index (κ2) is 5.81. The molecular formula is C17H15NO3. The molecule has 2 aromatic carbocycles. The van der Waals surface area contributed by atoms with Crippen molar-refractivity contribution in [3.63, 3.8) is 0 Å². The Morgan fingerprint density at radius 2 is 1.86 bits per heavy atom. The number of hydrogen-bond donors (Lipinski definition) is 0. The van der Waals surface area contributed by atoms with E-state index in [2.05, 4.69) is 6.58 Å². The highest BCUT2D eigenvalue weighted by Gasteiger charge is 2.35. The van der Waals surface area contributed by atoms with E-state index in [1.165, 1.54) is 4.90 Å². The molecule has 21 heavy (non-hydrogen) atoms. The standard InChI is InChI=1S/C17H15NO3/c1-2-12-20-16-14-10-6-7-11-15(14)21-17(19)18(16)13-8-4-3-5-9-13/h2-11,16H,1,12H2. The van der Waals surface area contributed by atoms with Crippen molar-refractivity contribution in [2.45, 2.75) is 6.23 Å². The zero-order valence-corrected chi connectivity index (χ0v) is 11.4. The van der Waals surface area contributed by atoms with Gasteiger partial charge in [-0.15, -0.1) is 6.58 Å². The molecule has 1 atom stereocenters. The maximum atomic E-state index is 12.3. The summed E-state index contributed by atoms with van der Waals surface area (Å²) in [5.74, 6) is 0.531. The van der Waals surface area contributed by atoms with E-state index in [1.54, 1.807) is 12.1 Å². The summed E-state index contributed by atoms with van der Waals surface area (Å²) in [4.78, 5) is 13.8. The fourth-order valence-electron chi connectivity index (χ4n) is 2.31. The third-order valence-corrected chi connectivity index (χ3v) is 3.22. The summed E-state index contributed by atoms with van der Waals surface area (Å²) in [6.07, 6.45) is 0.683. The molecule has 2 aromatic rings. The summed E-state index contributed by atoms with van der Waals surface area (Å²) in [6.45, 7) is 4.00. The summed E-state index contributed by atoms with van der Waals surface area (Å²) in [5.41, 5.74) is 1.55. The third kappa shape index (κ3) is 2.53. The van der Waals surface area contributed by atoms with Crippen molar-refractivity contribution in [1.29, 1.82) is 0 Å². The van der Waals surface area contributed by atoms with Crippen molar-refractivity contribution >= 4 is 11.8 Å². The van der Waals surface area contributed by atoms with Crippen molar-refractivity contribution < 1.29 is 14.3 Å². The second-order valence-electron chi connectivity index (χ2n) is 4.59. The fraction of sp³-hybridized carbons (Fsp3) is 0.118. The first kappa shape index (κ1) is 13.4. The van der Waals surface area contributed by atoms with E-state index in [1.807, 2.05) is 48.5 Å². The highest BCUT2D eigenvalue weighted by molar-refractivity contribution is 5.91. The first-order valence-corrected chi connectivity index (χ1v) is 6.69. The molecule has 0 N–H and O–H groups in total. The maximum Gasteiger partial charge on any atom is 0.422 e. The van der Waals surface area contributed by atoms with Crippen LogP contribution in [0.5, 0.6) is 5.75 Å². The Hall–Kier alpha value is -2.59. The van der Waals surface area contributed by atoms with Crippen molar-refractivity contribution in [2.75, 3.05) is 11.5 Å². The number of rotatable bonds is 4. The highest BCUT2D eigenvalue weighted by Crippen LogP contribution is 2.38. The third-order valence-electron chi connectivity index (χ3n) is 3.22. The SMILES string of the molecule is C=CCOC1c2ccccc2OC(=O)N1c1ccccc1. The summed E-state index contributed by atoms with van der Waals surface area (Å²) >= 11 is 0. The van der Waals surface area contributed by atoms with Gasteiger partial charge in [0.15, 0.2) is 6.23 Å². The number of carbonyl (C=O) groups excluding carboxylic acids is 1. The van der Waals surface area contributed by atoms with Gasteiger partial charge in [0, 0.05) is 5.56 Å². The molecule has 106 valence electrons. The van der Waals surface area contributed by atoms with E-state index in [0.717, 1.165) is 11.3 Å². The zero-order valence-electron chi connectivity index (χ0n) is 11.4. The van der Waals surface area contributed by atoms with Gasteiger partial charge in [-0.1, -0.05) is 42.5 Å². The van der Waals surface area contributed by atoms with E-state index in [-0.39, 0.29) is 0 Å². The Balaban J connectivity index is 2.05. The van der Waals surface area contributed by atoms with Crippen LogP contribution in [0.3, 0.4) is 0 Å². The van der Waals surface area contributed by atoms with Gasteiger partial charge in [0.05, 0.1) is 12.3 Å². The van der Waals surface area contributed by atoms with Gasteiger partial charge in [-0.25, -0.2) is 9.69 Å². The van der Waals surface area contributed by atoms with Gasteiger partial charge in [-0.2, -0.15) is 0 Å². The summed E-state index contributed by atoms with van der Waals surface area (Å²) in [6, 6.07) is 16.7. The maximum absolute atomic E-state index is 12.3. The molecule has 1 heterocycles. The molecule has 4 nitrogen and oxygen atoms in total. The highest BCUT2D eigenvalue weighted by atomic mass is 16.6. The largest absolute Gasteiger partial charge is 0.422 e. The molecule has 0 saturated heterocycles. The van der Waals surface area contributed by atoms with Gasteiger partial charge in [0.1, 0.15) is 5.75 Å². The number of hydrogen-bond acceptors (Lipinski definition) is 3. The number of amides is 1. The van der Waals surface area contributed by atoms with Gasteiger partial charge in [-0.3, -0.25) is 0 Å². The molecular weight excluding hydrogens is 266 g/mol. The lowest BCUT2D eigenvalue weighted by atomic mass is 10.1. The van der Waals surface area contributed by atoms with E-state index in [0.29, 0.717) is 12.4 Å². The van der Waals surface area contributed by atoms with Crippen LogP contribution in [0.2, 0.25) is 0 Å². The molecule has 0 radical (unpaired) electrons. The molecule has 1 aliphatic rings. The predicted octanol–water partition coefficient (Wildman–Crippen LogP) is 3.91. The van der Waals surface area contributed by atoms with Crippen LogP contribution in [0, 0.1) is 0 Å². The number of para-hydroxylation sites is 2. The average Bonchev–Trinajstić information content (AvgIpc) is 2.53. The quantitative estimate of drug-likeness (QED) is 0.798. The normalized spacial score (nSPS) is 17.0. The van der Waals surface area contributed by atoms with Crippen molar-refractivity contribution in [2.24, 2.45) is 0 Å². The van der Waals surface area contributed by atoms with Crippen LogP contribution in [0.15, 0.2) is 67.3 Å². The van der Waals surface area contributed by atoms with Crippen LogP contribution >= 0.6 is 0 Å². The first-order chi connectivity index (χ1) is 10.3. The Morgan fingerprint density at radius 1 is 1.14 bits per heavy atom. The number of benzene rings is 2. The van der Waals surface area contributed by atoms with Crippen LogP contribution in [0.25, 0.3) is 0 Å². The minimum atomic E-state index is -0.525. The molecule has 3 rings (SSSR count). The Bertz CT molecular complexity index is 654. The van der Waals surface area contributed by atoms with E-state index in [9.17, 15) is 4.79 Å². The molecule has 4 heteroatoms. The minimum absolute atomic E-state index is 0.343. The van der Waals surface area contributed by atoms with Crippen LogP contribution in [-0.2, 0) is 4.74 Å². The lowest BCUT2D eigenvalue weighted by molar-refractivity contribution is 0.0611. The monoisotopic (exact) mass is 281 g/mol. The van der Waals surface area contributed by atoms with Crippen molar-refractivity contribution in [3.8, 4) is 5.75 Å². The molecule has 0 saturated carbocycles. The van der Waals surface area contributed by atoms with Crippen molar-refractivity contribution in [1.82, 2.24) is 0 Å². The average molecular weight is 281 g/mol. The van der Waals surface area contributed by atoms with Gasteiger partial charge in [-0.05, 0) is 18.2 Å². The second-order valence-corrected chi connectivity index (χ2v) is 4.59. The van der Waals surface area contributed by atoms with Crippen LogP contribution in [0.1, 0.15) is 11.8 Å². The van der Waals surface area contributed by atoms with Gasteiger partial charge in [0.2, 0.25) is 0 Å². The lowest BCUT2D eigenvalue weighted by Gasteiger charge is -2.35. The van der Waals surface area contributed by atoms with Crippen LogP contribution < -0.4 is 9.64 Å². The lowest BCUT2D eigenvalue weighted by Crippen LogP contribution is -2.42. The summed E-state index contributed by atoms with van der Waals surface area (Å²) in [5, 5.41) is 0. The number of nitrogens with zero attached hydrogens (tertiary/aromatic N) is 1. The first-order valence-electron chi connectivity index (χ1n) is 6.69. The molecule has 0 aromatic heterocycles. The van der Waals surface area contributed by atoms with Gasteiger partial charge >= 0.3 is 6.09 Å². The molecule has 1 amide bonds. The topological polar surface area (TPSA) is 38.8 Å². The molecule has 0 bridgehead atoms. The molecule has 0 fully saturated rings. The fourth-order valence-corrected chi connectivity index (χ4v) is 2.31. The number of fused-ring (bicyclic) bond motifs is 1. The zero-order chi connectivity index (χ0) is 14.7. The molecule has 1 aliphatic heterocycles. The number of ether oxygens (including phenoxy) is 2. The smallest absolute Gasteiger partial charge is 0.409 e. The van der Waals surface area contributed by atoms with Crippen LogP contribution in [-0.4, -0.2) is 12.7 Å². The number of carbonyl (C=O) groups is 1. The summed E-state index contributed by atoms with van der Waals surface area (Å²) in [7, 11) is 0. The summed E-state index contributed by atoms with van der Waals surface area (Å²) < 4.78 is 11.2. The van der Waals surface area contributed by atoms with Gasteiger partial charge < -0.3 is 9.47 Å². The number of anilines is 1. The molecule has 0 spiro atoms. The van der Waals surface area contributed by atoms with Gasteiger partial charge in [0.25, 0.3) is 0 Å². The minimum Gasteiger partial charge on any atom is -0.409 e. The van der Waals surface area contributed by atoms with E-state index >= 15 is 0 Å². The molecule has 0 aliphatic carbocycles. The Morgan fingerprint density at radius 3 is 2.62 bits per heavy atom. The van der Waals surface area contributed by atoms with E-state index < -0.39 is 12.3 Å². The Kier molecular flexibility index (Phi) is 3.71. The Labute approximate surface area is 123 Å². The van der Waals surface area contributed by atoms with E-state index in [4.69, 9.17) is 9.47 Å². The van der Waals surface area contributed by atoms with Crippen LogP contribution in [0.4, 0.5) is 10.5 Å². The molecule has 1 unspecified atom stereocenters. The van der Waals surface area contributed by atoms with Crippen molar-refractivity contribution in [3.05, 3.63) is 72.8 Å².